The van der Waals surface area contributed by atoms with Crippen molar-refractivity contribution >= 4 is 17.4 Å². The Balaban J connectivity index is 2.03. The van der Waals surface area contributed by atoms with Gasteiger partial charge in [0.15, 0.2) is 0 Å². The molecule has 15 heavy (non-hydrogen) atoms. The standard InChI is InChI=1S/C13H13NS/c14-13-9-5-4-6-11(13)10-15-12-7-2-1-3-8-12/h1-9H,10,14H2. The molecule has 2 rings (SSSR count). The Kier molecular flexibility index (Phi) is 3.30. The zero-order valence-electron chi connectivity index (χ0n) is 8.39. The molecule has 0 radical (unpaired) electrons. The van der Waals surface area contributed by atoms with Crippen molar-refractivity contribution in [2.75, 3.05) is 5.73 Å². The van der Waals surface area contributed by atoms with E-state index in [1.54, 1.807) is 0 Å². The van der Waals surface area contributed by atoms with E-state index in [-0.39, 0.29) is 0 Å². The molecule has 2 heteroatoms. The van der Waals surface area contributed by atoms with Gasteiger partial charge >= 0.3 is 0 Å². The summed E-state index contributed by atoms with van der Waals surface area (Å²) in [6.45, 7) is 0. The highest BCUT2D eigenvalue weighted by Gasteiger charge is 1.98. The fraction of sp³-hybridized carbons (Fsp3) is 0.0769. The van der Waals surface area contributed by atoms with Crippen molar-refractivity contribution in [1.82, 2.24) is 0 Å². The van der Waals surface area contributed by atoms with Crippen molar-refractivity contribution in [3.05, 3.63) is 60.2 Å². The molecule has 0 aromatic heterocycles. The zero-order chi connectivity index (χ0) is 10.5. The van der Waals surface area contributed by atoms with E-state index in [0.717, 1.165) is 11.4 Å². The van der Waals surface area contributed by atoms with Gasteiger partial charge in [0.2, 0.25) is 0 Å². The van der Waals surface area contributed by atoms with Crippen LogP contribution in [-0.4, -0.2) is 0 Å². The number of rotatable bonds is 3. The van der Waals surface area contributed by atoms with Crippen molar-refractivity contribution in [3.8, 4) is 0 Å². The smallest absolute Gasteiger partial charge is 0.0355 e. The maximum atomic E-state index is 5.87. The Morgan fingerprint density at radius 3 is 2.27 bits per heavy atom. The molecule has 0 fully saturated rings. The van der Waals surface area contributed by atoms with E-state index in [1.807, 2.05) is 36.0 Å². The Morgan fingerprint density at radius 1 is 0.867 bits per heavy atom. The number of nitrogen functional groups attached to an aromatic ring is 1. The summed E-state index contributed by atoms with van der Waals surface area (Å²) in [5.74, 6) is 0.927. The fourth-order valence-corrected chi connectivity index (χ4v) is 2.28. The molecule has 0 unspecified atom stereocenters. The van der Waals surface area contributed by atoms with Crippen LogP contribution in [-0.2, 0) is 5.75 Å². The quantitative estimate of drug-likeness (QED) is 0.626. The molecule has 2 aromatic rings. The van der Waals surface area contributed by atoms with Crippen LogP contribution in [0, 0.1) is 0 Å². The number of anilines is 1. The van der Waals surface area contributed by atoms with Crippen molar-refractivity contribution in [2.24, 2.45) is 0 Å². The lowest BCUT2D eigenvalue weighted by atomic mass is 10.2. The first-order chi connectivity index (χ1) is 7.36. The summed E-state index contributed by atoms with van der Waals surface area (Å²) < 4.78 is 0. The van der Waals surface area contributed by atoms with Gasteiger partial charge in [-0.1, -0.05) is 36.4 Å². The summed E-state index contributed by atoms with van der Waals surface area (Å²) in [6, 6.07) is 18.4. The minimum Gasteiger partial charge on any atom is -0.398 e. The normalized spacial score (nSPS) is 10.1. The van der Waals surface area contributed by atoms with E-state index >= 15 is 0 Å². The second-order valence-electron chi connectivity index (χ2n) is 3.30. The topological polar surface area (TPSA) is 26.0 Å². The van der Waals surface area contributed by atoms with Gasteiger partial charge in [0.25, 0.3) is 0 Å². The Morgan fingerprint density at radius 2 is 1.53 bits per heavy atom. The van der Waals surface area contributed by atoms with Crippen molar-refractivity contribution < 1.29 is 0 Å². The highest BCUT2D eigenvalue weighted by atomic mass is 32.2. The van der Waals surface area contributed by atoms with E-state index in [0.29, 0.717) is 0 Å². The molecule has 0 aliphatic rings. The van der Waals surface area contributed by atoms with Crippen molar-refractivity contribution in [2.45, 2.75) is 10.6 Å². The monoisotopic (exact) mass is 215 g/mol. The average molecular weight is 215 g/mol. The van der Waals surface area contributed by atoms with Crippen LogP contribution >= 0.6 is 11.8 Å². The molecule has 0 atom stereocenters. The number of benzene rings is 2. The molecule has 2 N–H and O–H groups in total. The van der Waals surface area contributed by atoms with Gasteiger partial charge in [0, 0.05) is 16.3 Å². The molecular formula is C13H13NS. The molecule has 0 aliphatic heterocycles. The van der Waals surface area contributed by atoms with Gasteiger partial charge in [-0.15, -0.1) is 11.8 Å². The maximum absolute atomic E-state index is 5.87. The van der Waals surface area contributed by atoms with Gasteiger partial charge in [-0.3, -0.25) is 0 Å². The first-order valence-electron chi connectivity index (χ1n) is 4.87. The summed E-state index contributed by atoms with van der Waals surface area (Å²) in [5.41, 5.74) is 7.95. The largest absolute Gasteiger partial charge is 0.398 e. The van der Waals surface area contributed by atoms with Crippen LogP contribution < -0.4 is 5.73 Å². The average Bonchev–Trinajstić information content (AvgIpc) is 2.29. The number of para-hydroxylation sites is 1. The molecule has 2 aromatic carbocycles. The van der Waals surface area contributed by atoms with Gasteiger partial charge in [-0.25, -0.2) is 0 Å². The van der Waals surface area contributed by atoms with Gasteiger partial charge in [-0.05, 0) is 23.8 Å². The van der Waals surface area contributed by atoms with Crippen molar-refractivity contribution in [3.63, 3.8) is 0 Å². The Bertz CT molecular complexity index is 426. The van der Waals surface area contributed by atoms with Crippen LogP contribution in [0.2, 0.25) is 0 Å². The van der Waals surface area contributed by atoms with E-state index in [9.17, 15) is 0 Å². The summed E-state index contributed by atoms with van der Waals surface area (Å²) in [5, 5.41) is 0. The molecule has 0 spiro atoms. The molecule has 0 heterocycles. The third-order valence-electron chi connectivity index (χ3n) is 2.19. The summed E-state index contributed by atoms with van der Waals surface area (Å²) in [7, 11) is 0. The fourth-order valence-electron chi connectivity index (χ4n) is 1.34. The second kappa shape index (κ2) is 4.89. The minimum atomic E-state index is 0.876. The van der Waals surface area contributed by atoms with Crippen LogP contribution in [0.15, 0.2) is 59.5 Å². The molecule has 1 nitrogen and oxygen atoms in total. The predicted molar refractivity (Wildman–Crippen MR) is 66.9 cm³/mol. The summed E-state index contributed by atoms with van der Waals surface area (Å²) >= 11 is 1.81. The molecular weight excluding hydrogens is 202 g/mol. The molecule has 0 aliphatic carbocycles. The van der Waals surface area contributed by atoms with Crippen molar-refractivity contribution in [1.29, 1.82) is 0 Å². The first kappa shape index (κ1) is 10.1. The Labute approximate surface area is 94.3 Å². The van der Waals surface area contributed by atoms with Crippen LogP contribution in [0.1, 0.15) is 5.56 Å². The maximum Gasteiger partial charge on any atom is 0.0355 e. The minimum absolute atomic E-state index is 0.876. The SMILES string of the molecule is Nc1ccccc1CSc1ccccc1. The number of hydrogen-bond donors (Lipinski definition) is 1. The van der Waals surface area contributed by atoms with E-state index in [4.69, 9.17) is 5.73 Å². The van der Waals surface area contributed by atoms with Crippen LogP contribution in [0.3, 0.4) is 0 Å². The van der Waals surface area contributed by atoms with Gasteiger partial charge in [-0.2, -0.15) is 0 Å². The summed E-state index contributed by atoms with van der Waals surface area (Å²) in [4.78, 5) is 1.28. The van der Waals surface area contributed by atoms with E-state index < -0.39 is 0 Å². The van der Waals surface area contributed by atoms with Gasteiger partial charge in [0.05, 0.1) is 0 Å². The van der Waals surface area contributed by atoms with E-state index in [2.05, 4.69) is 30.3 Å². The second-order valence-corrected chi connectivity index (χ2v) is 4.35. The highest BCUT2D eigenvalue weighted by molar-refractivity contribution is 7.98. The number of hydrogen-bond acceptors (Lipinski definition) is 2. The van der Waals surface area contributed by atoms with Gasteiger partial charge < -0.3 is 5.73 Å². The lowest BCUT2D eigenvalue weighted by molar-refractivity contribution is 1.38. The number of nitrogens with two attached hydrogens (primary N) is 1. The third kappa shape index (κ3) is 2.77. The zero-order valence-corrected chi connectivity index (χ0v) is 9.21. The number of thioether (sulfide) groups is 1. The van der Waals surface area contributed by atoms with Crippen LogP contribution in [0.25, 0.3) is 0 Å². The molecule has 0 amide bonds. The highest BCUT2D eigenvalue weighted by Crippen LogP contribution is 2.24. The lowest BCUT2D eigenvalue weighted by Crippen LogP contribution is -1.91. The summed E-state index contributed by atoms with van der Waals surface area (Å²) in [6.07, 6.45) is 0. The van der Waals surface area contributed by atoms with E-state index in [1.165, 1.54) is 10.5 Å². The van der Waals surface area contributed by atoms with Gasteiger partial charge in [0.1, 0.15) is 0 Å². The van der Waals surface area contributed by atoms with Crippen LogP contribution in [0.4, 0.5) is 5.69 Å². The predicted octanol–water partition coefficient (Wildman–Crippen LogP) is 3.56. The molecule has 0 bridgehead atoms. The first-order valence-corrected chi connectivity index (χ1v) is 5.86. The molecule has 0 saturated heterocycles. The van der Waals surface area contributed by atoms with Crippen LogP contribution in [0.5, 0.6) is 0 Å². The third-order valence-corrected chi connectivity index (χ3v) is 3.25. The Hall–Kier alpha value is -1.41. The molecule has 76 valence electrons. The molecule has 0 saturated carbocycles. The lowest BCUT2D eigenvalue weighted by Gasteiger charge is -2.04.